The normalized spacial score (nSPS) is 20.2. The van der Waals surface area contributed by atoms with E-state index in [1.54, 1.807) is 21.9 Å². The first-order valence-corrected chi connectivity index (χ1v) is 18.4. The summed E-state index contributed by atoms with van der Waals surface area (Å²) >= 11 is 7.02. The zero-order chi connectivity index (χ0) is 33.9. The average Bonchev–Trinajstić information content (AvgIpc) is 3.10. The fourth-order valence-corrected chi connectivity index (χ4v) is 8.75. The molecule has 3 saturated heterocycles. The molecule has 0 spiro atoms. The van der Waals surface area contributed by atoms with Crippen molar-refractivity contribution in [1.82, 2.24) is 24.9 Å². The Morgan fingerprint density at radius 2 is 1.52 bits per heavy atom. The zero-order valence-corrected chi connectivity index (χ0v) is 30.1. The molecule has 0 aromatic heterocycles. The van der Waals surface area contributed by atoms with E-state index in [0.29, 0.717) is 69.4 Å². The Balaban J connectivity index is 1.09. The highest BCUT2D eigenvalue weighted by atomic mass is 79.9. The SMILES string of the molecule is Nc1c(Br)cc(CC(NC(=O)N2CCC(N3Cc4ccc(C(=O)O)cc4NC3=O)CC2)C(=O)N2CCC(N3CCCCC3)CC2)cc1Br. The number of urea groups is 2. The van der Waals surface area contributed by atoms with Crippen LogP contribution >= 0.6 is 31.9 Å². The summed E-state index contributed by atoms with van der Waals surface area (Å²) in [5, 5.41) is 15.2. The number of carbonyl (C=O) groups is 4. The molecule has 2 aromatic rings. The van der Waals surface area contributed by atoms with Gasteiger partial charge in [0.05, 0.1) is 11.3 Å². The second-order valence-corrected chi connectivity index (χ2v) is 15.0. The molecule has 0 radical (unpaired) electrons. The van der Waals surface area contributed by atoms with Crippen LogP contribution in [0.4, 0.5) is 21.0 Å². The molecule has 0 aliphatic carbocycles. The van der Waals surface area contributed by atoms with E-state index in [4.69, 9.17) is 5.73 Å². The standard InChI is InChI=1S/C34H43Br2N7O5/c35-26-16-21(17-27(36)30(26)37)18-29(31(44)41-12-6-24(7-13-41)40-10-2-1-3-11-40)39-33(47)42-14-8-25(9-15-42)43-20-23-5-4-22(32(45)46)19-28(23)38-34(43)48/h4-5,16-17,19,24-25,29H,1-3,6-15,18,20,37H2,(H,38,48)(H,39,47)(H,45,46). The van der Waals surface area contributed by atoms with Gasteiger partial charge in [-0.05, 0) is 119 Å². The number of likely N-dealkylation sites (tertiary alicyclic amines) is 3. The Morgan fingerprint density at radius 1 is 0.896 bits per heavy atom. The molecule has 12 nitrogen and oxygen atoms in total. The van der Waals surface area contributed by atoms with Crippen LogP contribution in [0.15, 0.2) is 39.3 Å². The van der Waals surface area contributed by atoms with Crippen LogP contribution in [0.3, 0.4) is 0 Å². The van der Waals surface area contributed by atoms with E-state index in [2.05, 4.69) is 47.4 Å². The van der Waals surface area contributed by atoms with Gasteiger partial charge in [-0.2, -0.15) is 0 Å². The third-order valence-electron chi connectivity index (χ3n) is 10.3. The van der Waals surface area contributed by atoms with Crippen molar-refractivity contribution < 1.29 is 24.3 Å². The molecule has 3 fully saturated rings. The van der Waals surface area contributed by atoms with Gasteiger partial charge >= 0.3 is 18.0 Å². The van der Waals surface area contributed by atoms with Gasteiger partial charge in [-0.1, -0.05) is 12.5 Å². The summed E-state index contributed by atoms with van der Waals surface area (Å²) < 4.78 is 1.45. The largest absolute Gasteiger partial charge is 0.478 e. The number of hydrogen-bond donors (Lipinski definition) is 4. The number of rotatable bonds is 7. The maximum absolute atomic E-state index is 14.0. The van der Waals surface area contributed by atoms with E-state index >= 15 is 0 Å². The number of benzene rings is 2. The highest BCUT2D eigenvalue weighted by Gasteiger charge is 2.36. The number of amides is 5. The van der Waals surface area contributed by atoms with Gasteiger partial charge in [0.2, 0.25) is 5.91 Å². The van der Waals surface area contributed by atoms with Gasteiger partial charge in [0.1, 0.15) is 6.04 Å². The van der Waals surface area contributed by atoms with Crippen molar-refractivity contribution >= 4 is 67.2 Å². The summed E-state index contributed by atoms with van der Waals surface area (Å²) in [6.07, 6.45) is 7.15. The molecule has 4 heterocycles. The van der Waals surface area contributed by atoms with Crippen molar-refractivity contribution in [3.8, 4) is 0 Å². The van der Waals surface area contributed by atoms with Crippen molar-refractivity contribution in [2.75, 3.05) is 50.3 Å². The monoisotopic (exact) mass is 787 g/mol. The molecule has 0 saturated carbocycles. The minimum absolute atomic E-state index is 0.0749. The van der Waals surface area contributed by atoms with Gasteiger partial charge < -0.3 is 41.1 Å². The van der Waals surface area contributed by atoms with E-state index < -0.39 is 12.0 Å². The van der Waals surface area contributed by atoms with Crippen LogP contribution in [-0.2, 0) is 17.8 Å². The van der Waals surface area contributed by atoms with Crippen LogP contribution < -0.4 is 16.4 Å². The predicted molar refractivity (Wildman–Crippen MR) is 190 cm³/mol. The molecular formula is C34H43Br2N7O5. The maximum Gasteiger partial charge on any atom is 0.335 e. The second-order valence-electron chi connectivity index (χ2n) is 13.3. The van der Waals surface area contributed by atoms with Crippen molar-refractivity contribution in [2.45, 2.75) is 76.0 Å². The fraction of sp³-hybridized carbons (Fsp3) is 0.529. The summed E-state index contributed by atoms with van der Waals surface area (Å²) in [7, 11) is 0. The lowest BCUT2D eigenvalue weighted by atomic mass is 9.98. The van der Waals surface area contributed by atoms with Crippen molar-refractivity contribution in [2.24, 2.45) is 0 Å². The lowest BCUT2D eigenvalue weighted by Crippen LogP contribution is -2.57. The number of nitrogens with one attached hydrogen (secondary N) is 2. The molecule has 5 N–H and O–H groups in total. The number of hydrogen-bond acceptors (Lipinski definition) is 6. The zero-order valence-electron chi connectivity index (χ0n) is 26.9. The highest BCUT2D eigenvalue weighted by molar-refractivity contribution is 9.11. The molecule has 1 atom stereocenters. The molecule has 4 aliphatic rings. The van der Waals surface area contributed by atoms with Gasteiger partial charge in [-0.15, -0.1) is 0 Å². The van der Waals surface area contributed by atoms with E-state index in [1.807, 2.05) is 17.0 Å². The number of nitrogens with zero attached hydrogens (tertiary/aromatic N) is 4. The fourth-order valence-electron chi connectivity index (χ4n) is 7.47. The van der Waals surface area contributed by atoms with E-state index in [9.17, 15) is 24.3 Å². The molecule has 5 amide bonds. The molecule has 4 aliphatic heterocycles. The molecule has 2 aromatic carbocycles. The highest BCUT2D eigenvalue weighted by Crippen LogP contribution is 2.31. The third-order valence-corrected chi connectivity index (χ3v) is 11.6. The quantitative estimate of drug-likeness (QED) is 0.285. The summed E-state index contributed by atoms with van der Waals surface area (Å²) in [5.74, 6) is -1.12. The summed E-state index contributed by atoms with van der Waals surface area (Å²) in [5.41, 5.74) is 9.05. The van der Waals surface area contributed by atoms with Crippen LogP contribution in [0, 0.1) is 0 Å². The first-order valence-electron chi connectivity index (χ1n) is 16.8. The van der Waals surface area contributed by atoms with Gasteiger partial charge in [-0.25, -0.2) is 14.4 Å². The van der Waals surface area contributed by atoms with Crippen molar-refractivity contribution in [3.63, 3.8) is 0 Å². The first-order chi connectivity index (χ1) is 23.1. The summed E-state index contributed by atoms with van der Waals surface area (Å²) in [6, 6.07) is 7.66. The van der Waals surface area contributed by atoms with Crippen LogP contribution in [-0.4, -0.2) is 106 Å². The number of aromatic carboxylic acids is 1. The maximum atomic E-state index is 14.0. The van der Waals surface area contributed by atoms with E-state index in [1.165, 1.54) is 25.3 Å². The van der Waals surface area contributed by atoms with Crippen LogP contribution in [0.25, 0.3) is 0 Å². The lowest BCUT2D eigenvalue weighted by molar-refractivity contribution is -0.135. The number of piperidine rings is 3. The number of carbonyl (C=O) groups excluding carboxylic acids is 3. The van der Waals surface area contributed by atoms with Crippen LogP contribution in [0.2, 0.25) is 0 Å². The number of carboxylic acid groups (broad SMARTS) is 1. The first kappa shape index (κ1) is 34.5. The van der Waals surface area contributed by atoms with Gasteiger partial charge in [0.15, 0.2) is 0 Å². The molecule has 14 heteroatoms. The second kappa shape index (κ2) is 15.0. The smallest absolute Gasteiger partial charge is 0.335 e. The van der Waals surface area contributed by atoms with E-state index in [0.717, 1.165) is 46.0 Å². The average molecular weight is 790 g/mol. The topological polar surface area (TPSA) is 152 Å². The predicted octanol–water partition coefficient (Wildman–Crippen LogP) is 5.10. The Kier molecular flexibility index (Phi) is 10.8. The Morgan fingerprint density at radius 3 is 2.17 bits per heavy atom. The van der Waals surface area contributed by atoms with Gasteiger partial charge in [0.25, 0.3) is 0 Å². The molecule has 258 valence electrons. The molecular weight excluding hydrogens is 746 g/mol. The Hall–Kier alpha value is -3.36. The van der Waals surface area contributed by atoms with Crippen molar-refractivity contribution in [1.29, 1.82) is 0 Å². The molecule has 6 rings (SSSR count). The Labute approximate surface area is 297 Å². The van der Waals surface area contributed by atoms with Crippen LogP contribution in [0.5, 0.6) is 0 Å². The summed E-state index contributed by atoms with van der Waals surface area (Å²) in [4.78, 5) is 60.1. The number of carboxylic acids is 1. The number of fused-ring (bicyclic) bond motifs is 1. The number of nitrogens with two attached hydrogens (primary N) is 1. The molecule has 1 unspecified atom stereocenters. The minimum atomic E-state index is -1.05. The lowest BCUT2D eigenvalue weighted by Gasteiger charge is -2.42. The molecule has 0 bridgehead atoms. The van der Waals surface area contributed by atoms with Gasteiger partial charge in [0, 0.05) is 65.9 Å². The Bertz CT molecular complexity index is 1530. The van der Waals surface area contributed by atoms with Gasteiger partial charge in [-0.3, -0.25) is 4.79 Å². The minimum Gasteiger partial charge on any atom is -0.478 e. The third kappa shape index (κ3) is 7.76. The number of nitrogen functional groups attached to an aromatic ring is 1. The van der Waals surface area contributed by atoms with Crippen LogP contribution in [0.1, 0.15) is 66.4 Å². The number of anilines is 2. The molecule has 48 heavy (non-hydrogen) atoms. The van der Waals surface area contributed by atoms with E-state index in [-0.39, 0.29) is 29.6 Å². The van der Waals surface area contributed by atoms with Crippen molar-refractivity contribution in [3.05, 3.63) is 56.0 Å². The summed E-state index contributed by atoms with van der Waals surface area (Å²) in [6.45, 7) is 4.86. The number of halogens is 2.